The molecule has 0 saturated carbocycles. The van der Waals surface area contributed by atoms with Crippen LogP contribution >= 0.6 is 23.5 Å². The first-order valence-electron chi connectivity index (χ1n) is 12.3. The monoisotopic (exact) mass is 687 g/mol. The van der Waals surface area contributed by atoms with Crippen molar-refractivity contribution in [2.75, 3.05) is 39.6 Å². The molecule has 1 aromatic heterocycles. The molecular formula is C20H28N5O16P3. The number of aromatic nitrogens is 2. The number of phosphoric acid groups is 3. The number of nitrogens with one attached hydrogen (secondary N) is 1. The van der Waals surface area contributed by atoms with E-state index in [0.717, 1.165) is 16.8 Å². The fraction of sp³-hybridized carbons (Fsp3) is 0.650. The van der Waals surface area contributed by atoms with Crippen LogP contribution in [0.5, 0.6) is 0 Å². The molecule has 7 atom stereocenters. The summed E-state index contributed by atoms with van der Waals surface area (Å²) in [5.74, 6) is 0. The van der Waals surface area contributed by atoms with Crippen molar-refractivity contribution in [3.63, 3.8) is 0 Å². The lowest BCUT2D eigenvalue weighted by Crippen LogP contribution is -2.41. The van der Waals surface area contributed by atoms with Crippen LogP contribution in [0.25, 0.3) is 0 Å². The van der Waals surface area contributed by atoms with Gasteiger partial charge in [-0.05, 0) is 0 Å². The molecule has 244 valence electrons. The summed E-state index contributed by atoms with van der Waals surface area (Å²) >= 11 is 0. The number of ether oxygens (including phenoxy) is 2. The Morgan fingerprint density at radius 1 is 0.795 bits per heavy atom. The van der Waals surface area contributed by atoms with Gasteiger partial charge >= 0.3 is 29.2 Å². The van der Waals surface area contributed by atoms with Crippen molar-refractivity contribution in [2.45, 2.75) is 43.8 Å². The van der Waals surface area contributed by atoms with Crippen molar-refractivity contribution in [3.8, 4) is 18.2 Å². The second-order valence-corrected chi connectivity index (χ2v) is 12.6. The highest BCUT2D eigenvalue weighted by Crippen LogP contribution is 2.50. The van der Waals surface area contributed by atoms with E-state index in [1.165, 1.54) is 0 Å². The van der Waals surface area contributed by atoms with Crippen LogP contribution in [0.15, 0.2) is 21.9 Å². The van der Waals surface area contributed by atoms with Crippen LogP contribution in [-0.2, 0) is 50.3 Å². The molecule has 0 radical (unpaired) electrons. The molecule has 1 aliphatic heterocycles. The van der Waals surface area contributed by atoms with Crippen molar-refractivity contribution in [1.82, 2.24) is 9.55 Å². The third kappa shape index (κ3) is 12.8. The summed E-state index contributed by atoms with van der Waals surface area (Å²) in [5.41, 5.74) is -1.83. The fourth-order valence-corrected chi connectivity index (χ4v) is 5.76. The number of nitriles is 3. The topological polar surface area (TPSA) is 312 Å². The van der Waals surface area contributed by atoms with Gasteiger partial charge in [-0.3, -0.25) is 41.5 Å². The maximum absolute atomic E-state index is 12.7. The minimum Gasteiger partial charge on any atom is -0.368 e. The van der Waals surface area contributed by atoms with Crippen LogP contribution in [0.1, 0.15) is 25.5 Å². The second kappa shape index (κ2) is 17.8. The first-order valence-corrected chi connectivity index (χ1v) is 16.8. The number of hydrogen-bond donors (Lipinski definition) is 4. The molecule has 0 aromatic carbocycles. The summed E-state index contributed by atoms with van der Waals surface area (Å²) in [4.78, 5) is 56.1. The molecule has 1 saturated heterocycles. The second-order valence-electron chi connectivity index (χ2n) is 8.25. The van der Waals surface area contributed by atoms with E-state index in [0.29, 0.717) is 0 Å². The zero-order valence-corrected chi connectivity index (χ0v) is 25.3. The van der Waals surface area contributed by atoms with Crippen molar-refractivity contribution >= 4 is 23.5 Å². The minimum atomic E-state index is -5.02. The highest BCUT2D eigenvalue weighted by Gasteiger charge is 2.51. The number of aromatic amines is 1. The van der Waals surface area contributed by atoms with Gasteiger partial charge in [-0.15, -0.1) is 0 Å². The van der Waals surface area contributed by atoms with Gasteiger partial charge < -0.3 is 24.2 Å². The third-order valence-corrected chi connectivity index (χ3v) is 8.14. The summed E-state index contributed by atoms with van der Waals surface area (Å²) < 4.78 is 77.9. The zero-order valence-electron chi connectivity index (χ0n) is 22.6. The highest BCUT2D eigenvalue weighted by atomic mass is 31.2. The number of H-pyrrole nitrogens is 1. The smallest absolute Gasteiger partial charge is 0.368 e. The molecule has 0 aliphatic carbocycles. The van der Waals surface area contributed by atoms with Crippen molar-refractivity contribution in [3.05, 3.63) is 33.1 Å². The number of rotatable bonds is 20. The van der Waals surface area contributed by atoms with Crippen LogP contribution in [0, 0.1) is 34.0 Å². The van der Waals surface area contributed by atoms with Crippen molar-refractivity contribution in [2.24, 2.45) is 0 Å². The van der Waals surface area contributed by atoms with Crippen LogP contribution in [0.3, 0.4) is 0 Å². The first-order chi connectivity index (χ1) is 20.7. The Morgan fingerprint density at radius 2 is 1.32 bits per heavy atom. The zero-order chi connectivity index (χ0) is 32.8. The number of nitrogens with zero attached hydrogens (tertiary/aromatic N) is 4. The summed E-state index contributed by atoms with van der Waals surface area (Å²) in [6, 6.07) is 6.00. The molecule has 1 aliphatic rings. The molecule has 2 heterocycles. The number of phosphoric ester groups is 3. The van der Waals surface area contributed by atoms with E-state index < -0.39 is 98.9 Å². The lowest BCUT2D eigenvalue weighted by molar-refractivity contribution is -0.0794. The van der Waals surface area contributed by atoms with Gasteiger partial charge in [-0.1, -0.05) is 0 Å². The van der Waals surface area contributed by atoms with Gasteiger partial charge in [0.25, 0.3) is 5.56 Å². The fourth-order valence-electron chi connectivity index (χ4n) is 3.38. The predicted molar refractivity (Wildman–Crippen MR) is 140 cm³/mol. The maximum Gasteiger partial charge on any atom is 0.472 e. The Morgan fingerprint density at radius 3 is 1.86 bits per heavy atom. The summed E-state index contributed by atoms with van der Waals surface area (Å²) in [6.45, 7) is -3.56. The van der Waals surface area contributed by atoms with Crippen molar-refractivity contribution < 1.29 is 65.0 Å². The van der Waals surface area contributed by atoms with E-state index in [-0.39, 0.29) is 19.3 Å². The van der Waals surface area contributed by atoms with E-state index in [9.17, 15) is 38.0 Å². The standard InChI is InChI=1S/C20H28N5O16P3/c21-5-1-9-35-42(28,29)38-13-12-34-18-17(41-44(32,33)37-11-3-7-23)15(14-39-43(30,31)36-10-2-6-22)40-19(18)25-8-4-16(26)24-20(25)27/h4,8,15,17-19H,1-3,9-14H2,(H,28,29)(H,30,31)(H,32,33)(H,24,26,27)/t15-,17-,18-,19-/m1/s1. The maximum atomic E-state index is 12.7. The highest BCUT2D eigenvalue weighted by molar-refractivity contribution is 7.47. The van der Waals surface area contributed by atoms with Crippen LogP contribution in [0.2, 0.25) is 0 Å². The van der Waals surface area contributed by atoms with E-state index in [4.69, 9.17) is 43.4 Å². The van der Waals surface area contributed by atoms with E-state index in [1.54, 1.807) is 18.2 Å². The molecule has 24 heteroatoms. The summed E-state index contributed by atoms with van der Waals surface area (Å²) in [5, 5.41) is 25.8. The predicted octanol–water partition coefficient (Wildman–Crippen LogP) is 0.330. The van der Waals surface area contributed by atoms with Gasteiger partial charge in [0.05, 0.1) is 77.1 Å². The normalized spacial score (nSPS) is 23.8. The lowest BCUT2D eigenvalue weighted by atomic mass is 10.1. The van der Waals surface area contributed by atoms with Crippen molar-refractivity contribution in [1.29, 1.82) is 15.8 Å². The Hall–Kier alpha value is -2.60. The molecule has 0 bridgehead atoms. The average Bonchev–Trinajstić information content (AvgIpc) is 3.26. The molecule has 2 rings (SSSR count). The largest absolute Gasteiger partial charge is 0.472 e. The first kappa shape index (κ1) is 37.6. The van der Waals surface area contributed by atoms with Crippen LogP contribution in [0.4, 0.5) is 0 Å². The molecular weight excluding hydrogens is 659 g/mol. The molecule has 0 amide bonds. The average molecular weight is 687 g/mol. The van der Waals surface area contributed by atoms with Gasteiger partial charge in [0.1, 0.15) is 18.3 Å². The molecule has 0 spiro atoms. The Kier molecular flexibility index (Phi) is 15.2. The van der Waals surface area contributed by atoms with Crippen LogP contribution in [-0.4, -0.2) is 82.2 Å². The van der Waals surface area contributed by atoms with Gasteiger partial charge in [-0.25, -0.2) is 18.5 Å². The van der Waals surface area contributed by atoms with Gasteiger partial charge in [0, 0.05) is 12.3 Å². The van der Waals surface area contributed by atoms with Gasteiger partial charge in [-0.2, -0.15) is 15.8 Å². The molecule has 1 aromatic rings. The summed E-state index contributed by atoms with van der Waals surface area (Å²) in [6.07, 6.45) is -6.34. The lowest BCUT2D eigenvalue weighted by Gasteiger charge is -2.26. The van der Waals surface area contributed by atoms with Gasteiger partial charge in [0.2, 0.25) is 0 Å². The quantitative estimate of drug-likeness (QED) is 0.106. The molecule has 21 nitrogen and oxygen atoms in total. The molecule has 4 N–H and O–H groups in total. The third-order valence-electron chi connectivity index (χ3n) is 5.12. The van der Waals surface area contributed by atoms with Gasteiger partial charge in [0.15, 0.2) is 6.23 Å². The Balaban J connectivity index is 2.36. The van der Waals surface area contributed by atoms with Crippen LogP contribution < -0.4 is 11.2 Å². The van der Waals surface area contributed by atoms with E-state index >= 15 is 0 Å². The van der Waals surface area contributed by atoms with E-state index in [1.807, 2.05) is 4.98 Å². The SMILES string of the molecule is N#CCCOP(=O)(O)OCCO[C@@H]1[C@H](OP(=O)(O)OCCC#N)[C@@H](COP(=O)(O)OCCC#N)O[C@H]1n1ccc(=O)[nH]c1=O. The van der Waals surface area contributed by atoms with E-state index in [2.05, 4.69) is 9.05 Å². The molecule has 44 heavy (non-hydrogen) atoms. The Bertz CT molecular complexity index is 1480. The Labute approximate surface area is 248 Å². The molecule has 3 unspecified atom stereocenters. The molecule has 1 fully saturated rings. The minimum absolute atomic E-state index is 0.205. The summed E-state index contributed by atoms with van der Waals surface area (Å²) in [7, 11) is -14.5. The number of hydrogen-bond acceptors (Lipinski definition) is 16.